The average molecular weight is 270 g/mol. The molecule has 0 aliphatic carbocycles. The van der Waals surface area contributed by atoms with Crippen molar-refractivity contribution in [2.75, 3.05) is 11.9 Å². The zero-order valence-corrected chi connectivity index (χ0v) is 10.9. The first-order chi connectivity index (χ1) is 8.44. The molecular weight excluding hydrogens is 256 g/mol. The molecule has 18 heavy (non-hydrogen) atoms. The molecule has 1 aromatic carbocycles. The van der Waals surface area contributed by atoms with Gasteiger partial charge in [-0.25, -0.2) is 13.1 Å². The molecule has 0 radical (unpaired) electrons. The van der Waals surface area contributed by atoms with Crippen LogP contribution in [0.2, 0.25) is 0 Å². The van der Waals surface area contributed by atoms with Gasteiger partial charge in [0, 0.05) is 6.54 Å². The number of anilines is 1. The Morgan fingerprint density at radius 2 is 2.17 bits per heavy atom. The molecule has 1 aromatic rings. The predicted molar refractivity (Wildman–Crippen MR) is 66.0 cm³/mol. The van der Waals surface area contributed by atoms with Gasteiger partial charge in [-0.1, -0.05) is 6.92 Å². The van der Waals surface area contributed by atoms with Gasteiger partial charge in [-0.15, -0.1) is 0 Å². The van der Waals surface area contributed by atoms with Crippen LogP contribution in [0.1, 0.15) is 13.8 Å². The quantitative estimate of drug-likeness (QED) is 0.847. The van der Waals surface area contributed by atoms with Crippen molar-refractivity contribution < 1.29 is 17.9 Å². The van der Waals surface area contributed by atoms with Gasteiger partial charge >= 0.3 is 0 Å². The molecule has 1 aliphatic rings. The lowest BCUT2D eigenvalue weighted by Crippen LogP contribution is -2.34. The maximum Gasteiger partial charge on any atom is 0.265 e. The van der Waals surface area contributed by atoms with Gasteiger partial charge in [0.05, 0.1) is 10.6 Å². The maximum absolute atomic E-state index is 11.8. The van der Waals surface area contributed by atoms with Crippen LogP contribution in [-0.4, -0.2) is 27.0 Å². The first-order valence-electron chi connectivity index (χ1n) is 5.55. The van der Waals surface area contributed by atoms with Gasteiger partial charge in [-0.05, 0) is 25.1 Å². The molecule has 1 amide bonds. The summed E-state index contributed by atoms with van der Waals surface area (Å²) in [5.74, 6) is 0.179. The summed E-state index contributed by atoms with van der Waals surface area (Å²) in [6.45, 7) is 3.63. The molecule has 6 nitrogen and oxygen atoms in total. The molecule has 0 saturated heterocycles. The predicted octanol–water partition coefficient (Wildman–Crippen LogP) is 0.704. The minimum absolute atomic E-state index is 0.0987. The van der Waals surface area contributed by atoms with E-state index in [1.807, 2.05) is 0 Å². The van der Waals surface area contributed by atoms with E-state index in [4.69, 9.17) is 4.74 Å². The van der Waals surface area contributed by atoms with Crippen molar-refractivity contribution in [2.24, 2.45) is 0 Å². The largest absolute Gasteiger partial charge is 0.479 e. The normalized spacial score (nSPS) is 18.8. The number of sulfonamides is 1. The van der Waals surface area contributed by atoms with E-state index in [0.717, 1.165) is 0 Å². The summed E-state index contributed by atoms with van der Waals surface area (Å²) < 4.78 is 31.3. The van der Waals surface area contributed by atoms with E-state index >= 15 is 0 Å². The van der Waals surface area contributed by atoms with Gasteiger partial charge in [-0.2, -0.15) is 0 Å². The molecule has 98 valence electrons. The highest BCUT2D eigenvalue weighted by Crippen LogP contribution is 2.31. The molecule has 0 spiro atoms. The fourth-order valence-electron chi connectivity index (χ4n) is 1.63. The molecule has 0 saturated carbocycles. The van der Waals surface area contributed by atoms with Crippen LogP contribution in [0.15, 0.2) is 23.1 Å². The topological polar surface area (TPSA) is 84.5 Å². The third-order valence-electron chi connectivity index (χ3n) is 2.53. The lowest BCUT2D eigenvalue weighted by atomic mass is 10.2. The zero-order valence-electron chi connectivity index (χ0n) is 10.1. The number of amides is 1. The van der Waals surface area contributed by atoms with Crippen molar-refractivity contribution in [1.29, 1.82) is 0 Å². The molecule has 1 heterocycles. The van der Waals surface area contributed by atoms with Gasteiger partial charge in [0.1, 0.15) is 5.75 Å². The summed E-state index contributed by atoms with van der Waals surface area (Å²) in [5.41, 5.74) is 0.372. The molecule has 1 aliphatic heterocycles. The Bertz CT molecular complexity index is 583. The number of rotatable bonds is 3. The number of benzene rings is 1. The van der Waals surface area contributed by atoms with Crippen LogP contribution in [0.4, 0.5) is 5.69 Å². The van der Waals surface area contributed by atoms with Gasteiger partial charge in [0.15, 0.2) is 6.10 Å². The van der Waals surface area contributed by atoms with Crippen LogP contribution in [-0.2, 0) is 14.8 Å². The summed E-state index contributed by atoms with van der Waals surface area (Å²) in [6.07, 6.45) is -0.575. The van der Waals surface area contributed by atoms with Crippen molar-refractivity contribution in [3.63, 3.8) is 0 Å². The molecule has 0 aromatic heterocycles. The summed E-state index contributed by atoms with van der Waals surface area (Å²) in [5, 5.41) is 2.61. The summed E-state index contributed by atoms with van der Waals surface area (Å²) in [4.78, 5) is 11.5. The van der Waals surface area contributed by atoms with E-state index in [-0.39, 0.29) is 10.8 Å². The number of hydrogen-bond acceptors (Lipinski definition) is 4. The number of carbonyl (C=O) groups excluding carboxylic acids is 1. The Morgan fingerprint density at radius 1 is 1.44 bits per heavy atom. The minimum atomic E-state index is -3.53. The highest BCUT2D eigenvalue weighted by Gasteiger charge is 2.25. The molecule has 2 N–H and O–H groups in total. The standard InChI is InChI=1S/C11H14N2O4S/c1-3-12-18(15,16)8-4-5-10-9(6-8)13-11(14)7(2)17-10/h4-7,12H,3H2,1-2H3,(H,13,14)/t7-/m0/s1. The number of ether oxygens (including phenoxy) is 1. The molecule has 1 atom stereocenters. The zero-order chi connectivity index (χ0) is 13.3. The van der Waals surface area contributed by atoms with E-state index < -0.39 is 16.1 Å². The third kappa shape index (κ3) is 2.32. The Balaban J connectivity index is 2.39. The van der Waals surface area contributed by atoms with Gasteiger partial charge < -0.3 is 10.1 Å². The van der Waals surface area contributed by atoms with E-state index in [0.29, 0.717) is 18.0 Å². The minimum Gasteiger partial charge on any atom is -0.479 e. The first kappa shape index (κ1) is 12.8. The van der Waals surface area contributed by atoms with Crippen molar-refractivity contribution in [2.45, 2.75) is 24.8 Å². The Kier molecular flexibility index (Phi) is 3.27. The summed E-state index contributed by atoms with van der Waals surface area (Å²) in [6, 6.07) is 4.37. The highest BCUT2D eigenvalue weighted by atomic mass is 32.2. The maximum atomic E-state index is 11.8. The number of carbonyl (C=O) groups is 1. The van der Waals surface area contributed by atoms with Crippen LogP contribution in [0, 0.1) is 0 Å². The first-order valence-corrected chi connectivity index (χ1v) is 7.03. The van der Waals surface area contributed by atoms with Gasteiger partial charge in [0.25, 0.3) is 5.91 Å². The summed E-state index contributed by atoms with van der Waals surface area (Å²) >= 11 is 0. The Labute approximate surface area is 105 Å². The number of nitrogens with one attached hydrogen (secondary N) is 2. The van der Waals surface area contributed by atoms with Crippen LogP contribution in [0.3, 0.4) is 0 Å². The highest BCUT2D eigenvalue weighted by molar-refractivity contribution is 7.89. The van der Waals surface area contributed by atoms with Crippen LogP contribution in [0.25, 0.3) is 0 Å². The number of fused-ring (bicyclic) bond motifs is 1. The van der Waals surface area contributed by atoms with Crippen molar-refractivity contribution in [3.05, 3.63) is 18.2 Å². The molecular formula is C11H14N2O4S. The van der Waals surface area contributed by atoms with E-state index in [2.05, 4.69) is 10.0 Å². The van der Waals surface area contributed by atoms with E-state index in [9.17, 15) is 13.2 Å². The molecule has 0 fully saturated rings. The second kappa shape index (κ2) is 4.58. The summed E-state index contributed by atoms with van der Waals surface area (Å²) in [7, 11) is -3.53. The second-order valence-corrected chi connectivity index (χ2v) is 5.68. The monoisotopic (exact) mass is 270 g/mol. The van der Waals surface area contributed by atoms with Crippen LogP contribution < -0.4 is 14.8 Å². The van der Waals surface area contributed by atoms with Gasteiger partial charge in [-0.3, -0.25) is 4.79 Å². The van der Waals surface area contributed by atoms with Crippen LogP contribution >= 0.6 is 0 Å². The smallest absolute Gasteiger partial charge is 0.265 e. The molecule has 7 heteroatoms. The number of hydrogen-bond donors (Lipinski definition) is 2. The van der Waals surface area contributed by atoms with Crippen molar-refractivity contribution >= 4 is 21.6 Å². The molecule has 0 bridgehead atoms. The van der Waals surface area contributed by atoms with E-state index in [1.165, 1.54) is 18.2 Å². The van der Waals surface area contributed by atoms with Crippen molar-refractivity contribution in [1.82, 2.24) is 4.72 Å². The Morgan fingerprint density at radius 3 is 2.83 bits per heavy atom. The lowest BCUT2D eigenvalue weighted by molar-refractivity contribution is -0.122. The molecule has 0 unspecified atom stereocenters. The average Bonchev–Trinajstić information content (AvgIpc) is 2.30. The fraction of sp³-hybridized carbons (Fsp3) is 0.364. The second-order valence-electron chi connectivity index (χ2n) is 3.91. The molecule has 2 rings (SSSR count). The SMILES string of the molecule is CCNS(=O)(=O)c1ccc2c(c1)NC(=O)[C@H](C)O2. The lowest BCUT2D eigenvalue weighted by Gasteiger charge is -2.23. The Hall–Kier alpha value is -1.60. The third-order valence-corrected chi connectivity index (χ3v) is 4.07. The van der Waals surface area contributed by atoms with E-state index in [1.54, 1.807) is 13.8 Å². The van der Waals surface area contributed by atoms with Gasteiger partial charge in [0.2, 0.25) is 10.0 Å². The van der Waals surface area contributed by atoms with Crippen LogP contribution in [0.5, 0.6) is 5.75 Å². The fourth-order valence-corrected chi connectivity index (χ4v) is 2.70. The van der Waals surface area contributed by atoms with Crippen molar-refractivity contribution in [3.8, 4) is 5.75 Å².